The van der Waals surface area contributed by atoms with Gasteiger partial charge in [0.25, 0.3) is 0 Å². The van der Waals surface area contributed by atoms with Crippen molar-refractivity contribution in [1.29, 1.82) is 0 Å². The number of carbonyl (C=O) groups is 2. The number of halogens is 1. The lowest BCUT2D eigenvalue weighted by Gasteiger charge is -2.07. The van der Waals surface area contributed by atoms with Crippen LogP contribution in [-0.2, 0) is 11.2 Å². The van der Waals surface area contributed by atoms with Crippen LogP contribution in [0.3, 0.4) is 0 Å². The minimum atomic E-state index is -0.876. The van der Waals surface area contributed by atoms with Gasteiger partial charge in [0.05, 0.1) is 0 Å². The van der Waals surface area contributed by atoms with E-state index in [0.717, 1.165) is 5.56 Å². The average Bonchev–Trinajstić information content (AvgIpc) is 2.37. The van der Waals surface area contributed by atoms with E-state index in [0.29, 0.717) is 25.9 Å². The predicted molar refractivity (Wildman–Crippen MR) is 68.4 cm³/mol. The van der Waals surface area contributed by atoms with Crippen molar-refractivity contribution in [2.75, 3.05) is 13.1 Å². The molecule has 6 heteroatoms. The minimum Gasteiger partial charge on any atom is -0.481 e. The van der Waals surface area contributed by atoms with Gasteiger partial charge in [0.2, 0.25) is 0 Å². The number of nitrogens with one attached hydrogen (secondary N) is 2. The van der Waals surface area contributed by atoms with Gasteiger partial charge in [-0.3, -0.25) is 4.79 Å². The predicted octanol–water partition coefficient (Wildman–Crippen LogP) is 1.53. The summed E-state index contributed by atoms with van der Waals surface area (Å²) in [6.45, 7) is 0.769. The standard InChI is InChI=1S/C13H17FN2O3/c14-11-5-3-10(4-6-11)7-9-16-13(19)15-8-1-2-12(17)18/h3-6H,1-2,7-9H2,(H,17,18)(H2,15,16,19). The summed E-state index contributed by atoms with van der Waals surface area (Å²) in [5.41, 5.74) is 0.938. The molecule has 0 atom stereocenters. The molecule has 0 saturated heterocycles. The molecule has 1 rings (SSSR count). The molecule has 1 aromatic rings. The highest BCUT2D eigenvalue weighted by molar-refractivity contribution is 5.73. The summed E-state index contributed by atoms with van der Waals surface area (Å²) in [5, 5.41) is 13.6. The molecular weight excluding hydrogens is 251 g/mol. The summed E-state index contributed by atoms with van der Waals surface area (Å²) in [6, 6.07) is 5.76. The number of urea groups is 1. The summed E-state index contributed by atoms with van der Waals surface area (Å²) in [6.07, 6.45) is 1.05. The molecule has 0 aliphatic rings. The SMILES string of the molecule is O=C(O)CCCNC(=O)NCCc1ccc(F)cc1. The Morgan fingerprint density at radius 3 is 2.37 bits per heavy atom. The highest BCUT2D eigenvalue weighted by atomic mass is 19.1. The van der Waals surface area contributed by atoms with E-state index in [4.69, 9.17) is 5.11 Å². The van der Waals surface area contributed by atoms with Gasteiger partial charge in [-0.2, -0.15) is 0 Å². The fourth-order valence-electron chi connectivity index (χ4n) is 1.48. The maximum Gasteiger partial charge on any atom is 0.314 e. The summed E-state index contributed by atoms with van der Waals surface area (Å²) < 4.78 is 12.6. The third-order valence-electron chi connectivity index (χ3n) is 2.47. The van der Waals surface area contributed by atoms with Crippen LogP contribution < -0.4 is 10.6 Å². The fraction of sp³-hybridized carbons (Fsp3) is 0.385. The maximum atomic E-state index is 12.6. The van der Waals surface area contributed by atoms with Gasteiger partial charge in [0.1, 0.15) is 5.82 Å². The van der Waals surface area contributed by atoms with Crippen LogP contribution in [0.1, 0.15) is 18.4 Å². The van der Waals surface area contributed by atoms with Gasteiger partial charge in [0.15, 0.2) is 0 Å². The molecule has 0 aromatic heterocycles. The van der Waals surface area contributed by atoms with Crippen molar-refractivity contribution in [1.82, 2.24) is 10.6 Å². The second-order valence-corrected chi connectivity index (χ2v) is 4.06. The van der Waals surface area contributed by atoms with Crippen molar-refractivity contribution in [3.63, 3.8) is 0 Å². The lowest BCUT2D eigenvalue weighted by molar-refractivity contribution is -0.137. The molecule has 0 aliphatic carbocycles. The molecule has 3 N–H and O–H groups in total. The maximum absolute atomic E-state index is 12.6. The average molecular weight is 268 g/mol. The molecule has 5 nitrogen and oxygen atoms in total. The number of carboxylic acids is 1. The Hall–Kier alpha value is -2.11. The van der Waals surface area contributed by atoms with Crippen LogP contribution in [0.5, 0.6) is 0 Å². The fourth-order valence-corrected chi connectivity index (χ4v) is 1.48. The lowest BCUT2D eigenvalue weighted by Crippen LogP contribution is -2.37. The Kier molecular flexibility index (Phi) is 6.35. The Morgan fingerprint density at radius 1 is 1.11 bits per heavy atom. The zero-order valence-corrected chi connectivity index (χ0v) is 10.5. The quantitative estimate of drug-likeness (QED) is 0.656. The molecule has 0 fully saturated rings. The van der Waals surface area contributed by atoms with Gasteiger partial charge in [-0.15, -0.1) is 0 Å². The van der Waals surface area contributed by atoms with Gasteiger partial charge in [-0.1, -0.05) is 12.1 Å². The largest absolute Gasteiger partial charge is 0.481 e. The van der Waals surface area contributed by atoms with Crippen LogP contribution in [0.4, 0.5) is 9.18 Å². The molecule has 1 aromatic carbocycles. The van der Waals surface area contributed by atoms with Gasteiger partial charge in [0, 0.05) is 19.5 Å². The Bertz CT molecular complexity index is 420. The van der Waals surface area contributed by atoms with Crippen molar-refractivity contribution >= 4 is 12.0 Å². The highest BCUT2D eigenvalue weighted by Gasteiger charge is 2.01. The summed E-state index contributed by atoms with van der Waals surface area (Å²) in [7, 11) is 0. The molecule has 19 heavy (non-hydrogen) atoms. The minimum absolute atomic E-state index is 0.0376. The lowest BCUT2D eigenvalue weighted by atomic mass is 10.1. The number of benzene rings is 1. The van der Waals surface area contributed by atoms with E-state index in [1.165, 1.54) is 12.1 Å². The van der Waals surface area contributed by atoms with Gasteiger partial charge >= 0.3 is 12.0 Å². The summed E-state index contributed by atoms with van der Waals surface area (Å²) in [4.78, 5) is 21.5. The van der Waals surface area contributed by atoms with Crippen molar-refractivity contribution in [3.05, 3.63) is 35.6 Å². The first-order valence-electron chi connectivity index (χ1n) is 6.06. The molecule has 0 aliphatic heterocycles. The number of hydrogen-bond acceptors (Lipinski definition) is 2. The van der Waals surface area contributed by atoms with E-state index in [-0.39, 0.29) is 18.3 Å². The molecule has 0 saturated carbocycles. The zero-order chi connectivity index (χ0) is 14.1. The van der Waals surface area contributed by atoms with E-state index in [2.05, 4.69) is 10.6 Å². The summed E-state index contributed by atoms with van der Waals surface area (Å²) in [5.74, 6) is -1.16. The van der Waals surface area contributed by atoms with Crippen molar-refractivity contribution < 1.29 is 19.1 Å². The molecule has 0 unspecified atom stereocenters. The van der Waals surface area contributed by atoms with Gasteiger partial charge in [-0.05, 0) is 30.5 Å². The van der Waals surface area contributed by atoms with Gasteiger partial charge < -0.3 is 15.7 Å². The second-order valence-electron chi connectivity index (χ2n) is 4.06. The van der Waals surface area contributed by atoms with Crippen LogP contribution in [-0.4, -0.2) is 30.2 Å². The first-order valence-corrected chi connectivity index (χ1v) is 6.06. The molecule has 0 bridgehead atoms. The first kappa shape index (κ1) is 14.9. The normalized spacial score (nSPS) is 9.95. The van der Waals surface area contributed by atoms with Crippen LogP contribution in [0.25, 0.3) is 0 Å². The number of aliphatic carboxylic acids is 1. The topological polar surface area (TPSA) is 78.4 Å². The van der Waals surface area contributed by atoms with Crippen LogP contribution in [0.2, 0.25) is 0 Å². The van der Waals surface area contributed by atoms with E-state index < -0.39 is 5.97 Å². The van der Waals surface area contributed by atoms with Gasteiger partial charge in [-0.25, -0.2) is 9.18 Å². The molecule has 104 valence electrons. The number of carbonyl (C=O) groups excluding carboxylic acids is 1. The number of hydrogen-bond donors (Lipinski definition) is 3. The highest BCUT2D eigenvalue weighted by Crippen LogP contribution is 2.02. The van der Waals surface area contributed by atoms with E-state index in [1.54, 1.807) is 12.1 Å². The Morgan fingerprint density at radius 2 is 1.74 bits per heavy atom. The molecule has 0 spiro atoms. The Balaban J connectivity index is 2.10. The Labute approximate surface area is 110 Å². The summed E-state index contributed by atoms with van der Waals surface area (Å²) >= 11 is 0. The van der Waals surface area contributed by atoms with E-state index in [1.807, 2.05) is 0 Å². The molecular formula is C13H17FN2O3. The number of rotatable bonds is 7. The molecule has 2 amide bonds. The monoisotopic (exact) mass is 268 g/mol. The van der Waals surface area contributed by atoms with Crippen LogP contribution >= 0.6 is 0 Å². The van der Waals surface area contributed by atoms with E-state index in [9.17, 15) is 14.0 Å². The van der Waals surface area contributed by atoms with E-state index >= 15 is 0 Å². The first-order chi connectivity index (χ1) is 9.08. The second kappa shape index (κ2) is 8.07. The molecule has 0 radical (unpaired) electrons. The van der Waals surface area contributed by atoms with Crippen LogP contribution in [0.15, 0.2) is 24.3 Å². The smallest absolute Gasteiger partial charge is 0.314 e. The number of amides is 2. The van der Waals surface area contributed by atoms with Crippen molar-refractivity contribution in [2.24, 2.45) is 0 Å². The van der Waals surface area contributed by atoms with Crippen molar-refractivity contribution in [2.45, 2.75) is 19.3 Å². The van der Waals surface area contributed by atoms with Crippen molar-refractivity contribution in [3.8, 4) is 0 Å². The molecule has 0 heterocycles. The third kappa shape index (κ3) is 7.03. The van der Waals surface area contributed by atoms with Crippen LogP contribution in [0, 0.1) is 5.82 Å². The zero-order valence-electron chi connectivity index (χ0n) is 10.5. The third-order valence-corrected chi connectivity index (χ3v) is 2.47. The number of carboxylic acid groups (broad SMARTS) is 1.